The Kier molecular flexibility index (Phi) is 13.7. The molecule has 2 aliphatic rings. The molecule has 3 rings (SSSR count). The van der Waals surface area contributed by atoms with E-state index in [0.29, 0.717) is 25.7 Å². The quantitative estimate of drug-likeness (QED) is 0.242. The van der Waals surface area contributed by atoms with Crippen LogP contribution >= 0.6 is 0 Å². The molecule has 2 saturated carbocycles. The molecule has 2 aliphatic carbocycles. The summed E-state index contributed by atoms with van der Waals surface area (Å²) in [5, 5.41) is 8.75. The van der Waals surface area contributed by atoms with Crippen molar-refractivity contribution in [1.82, 2.24) is 16.0 Å². The van der Waals surface area contributed by atoms with E-state index in [1.807, 2.05) is 51.1 Å². The molecule has 8 nitrogen and oxygen atoms in total. The van der Waals surface area contributed by atoms with E-state index in [-0.39, 0.29) is 30.1 Å². The number of benzene rings is 1. The number of ketones is 2. The Morgan fingerprint density at radius 3 is 1.98 bits per heavy atom. The largest absolute Gasteiger partial charge is 0.344 e. The van der Waals surface area contributed by atoms with Gasteiger partial charge < -0.3 is 16.0 Å². The van der Waals surface area contributed by atoms with Gasteiger partial charge in [0.15, 0.2) is 0 Å². The summed E-state index contributed by atoms with van der Waals surface area (Å²) in [5.74, 6) is -1.76. The second kappa shape index (κ2) is 17.2. The predicted molar refractivity (Wildman–Crippen MR) is 163 cm³/mol. The molecule has 0 unspecified atom stereocenters. The molecule has 0 heterocycles. The van der Waals surface area contributed by atoms with Crippen LogP contribution in [0.5, 0.6) is 0 Å². The Hall–Kier alpha value is -3.03. The van der Waals surface area contributed by atoms with Gasteiger partial charge in [0.05, 0.1) is 6.04 Å². The third kappa shape index (κ3) is 10.7. The average Bonchev–Trinajstić information content (AvgIpc) is 3.52. The zero-order chi connectivity index (χ0) is 30.5. The zero-order valence-corrected chi connectivity index (χ0v) is 25.8. The molecule has 232 valence electrons. The molecule has 8 heteroatoms. The molecule has 1 aromatic rings. The SMILES string of the molecule is CCCC(=O)C(=O)[C@H](CC1CCCCC1)NC(=O)[C@H](CC(C)C)NC(=O)[C@H](Cc1ccccc1)NC(=O)C1CCCC1. The number of Topliss-reactive ketones (excluding diaryl/α,β-unsaturated/α-hetero) is 2. The van der Waals surface area contributed by atoms with Gasteiger partial charge in [-0.15, -0.1) is 0 Å². The summed E-state index contributed by atoms with van der Waals surface area (Å²) in [7, 11) is 0. The molecule has 0 aliphatic heterocycles. The van der Waals surface area contributed by atoms with Crippen LogP contribution in [0.2, 0.25) is 0 Å². The van der Waals surface area contributed by atoms with Crippen molar-refractivity contribution >= 4 is 29.3 Å². The maximum Gasteiger partial charge on any atom is 0.243 e. The van der Waals surface area contributed by atoms with Gasteiger partial charge in [0.25, 0.3) is 0 Å². The normalized spacial score (nSPS) is 18.2. The van der Waals surface area contributed by atoms with Crippen LogP contribution in [0.3, 0.4) is 0 Å². The van der Waals surface area contributed by atoms with Gasteiger partial charge in [-0.25, -0.2) is 0 Å². The molecule has 0 radical (unpaired) electrons. The van der Waals surface area contributed by atoms with Crippen LogP contribution in [0.15, 0.2) is 30.3 Å². The minimum atomic E-state index is -0.901. The third-order valence-corrected chi connectivity index (χ3v) is 8.66. The van der Waals surface area contributed by atoms with E-state index < -0.39 is 41.5 Å². The third-order valence-electron chi connectivity index (χ3n) is 8.66. The second-order valence-electron chi connectivity index (χ2n) is 12.8. The Labute approximate surface area is 251 Å². The minimum Gasteiger partial charge on any atom is -0.344 e. The summed E-state index contributed by atoms with van der Waals surface area (Å²) in [6, 6.07) is 6.87. The molecular formula is C34H51N3O5. The van der Waals surface area contributed by atoms with Gasteiger partial charge in [-0.1, -0.05) is 96.0 Å². The number of hydrogen-bond acceptors (Lipinski definition) is 5. The van der Waals surface area contributed by atoms with Crippen molar-refractivity contribution in [3.8, 4) is 0 Å². The van der Waals surface area contributed by atoms with E-state index in [1.54, 1.807) is 0 Å². The van der Waals surface area contributed by atoms with Crippen LogP contribution < -0.4 is 16.0 Å². The molecule has 3 amide bonds. The lowest BCUT2D eigenvalue weighted by molar-refractivity contribution is -0.140. The summed E-state index contributed by atoms with van der Waals surface area (Å²) in [6.45, 7) is 5.78. The van der Waals surface area contributed by atoms with E-state index in [2.05, 4.69) is 16.0 Å². The van der Waals surface area contributed by atoms with Crippen LogP contribution in [-0.4, -0.2) is 47.4 Å². The number of carbonyl (C=O) groups excluding carboxylic acids is 5. The first kappa shape index (κ1) is 33.5. The molecule has 3 N–H and O–H groups in total. The van der Waals surface area contributed by atoms with Crippen LogP contribution in [0, 0.1) is 17.8 Å². The first-order valence-corrected chi connectivity index (χ1v) is 16.2. The fourth-order valence-corrected chi connectivity index (χ4v) is 6.32. The molecular weight excluding hydrogens is 530 g/mol. The molecule has 0 spiro atoms. The lowest BCUT2D eigenvalue weighted by Crippen LogP contribution is -2.57. The fourth-order valence-electron chi connectivity index (χ4n) is 6.32. The number of rotatable bonds is 16. The Balaban J connectivity index is 1.76. The minimum absolute atomic E-state index is 0.0796. The van der Waals surface area contributed by atoms with E-state index in [9.17, 15) is 24.0 Å². The van der Waals surface area contributed by atoms with E-state index in [1.165, 1.54) is 6.42 Å². The highest BCUT2D eigenvalue weighted by Gasteiger charge is 2.34. The summed E-state index contributed by atoms with van der Waals surface area (Å²) in [5.41, 5.74) is 0.904. The average molecular weight is 582 g/mol. The van der Waals surface area contributed by atoms with Crippen molar-refractivity contribution in [3.63, 3.8) is 0 Å². The van der Waals surface area contributed by atoms with E-state index in [4.69, 9.17) is 0 Å². The molecule has 42 heavy (non-hydrogen) atoms. The summed E-state index contributed by atoms with van der Waals surface area (Å²) in [4.78, 5) is 66.2. The molecule has 0 bridgehead atoms. The summed E-state index contributed by atoms with van der Waals surface area (Å²) < 4.78 is 0. The van der Waals surface area contributed by atoms with Crippen molar-refractivity contribution in [2.24, 2.45) is 17.8 Å². The van der Waals surface area contributed by atoms with Crippen molar-refractivity contribution in [1.29, 1.82) is 0 Å². The smallest absolute Gasteiger partial charge is 0.243 e. The highest BCUT2D eigenvalue weighted by atomic mass is 16.2. The standard InChI is InChI=1S/C34H51N3O5/c1-4-13-30(38)31(39)27(21-24-14-7-5-8-15-24)35-33(41)28(20-23(2)3)37-34(42)29(22-25-16-9-6-10-17-25)36-32(40)26-18-11-12-19-26/h6,9-10,16-17,23-24,26-29H,4-5,7-8,11-15,18-22H2,1-3H3,(H,35,41)(H,36,40)(H,37,42)/t27-,28-,29-/m0/s1. The van der Waals surface area contributed by atoms with Crippen LogP contribution in [0.4, 0.5) is 0 Å². The first-order chi connectivity index (χ1) is 20.2. The van der Waals surface area contributed by atoms with Gasteiger partial charge in [0.1, 0.15) is 12.1 Å². The summed E-state index contributed by atoms with van der Waals surface area (Å²) in [6.07, 6.45) is 10.8. The number of hydrogen-bond donors (Lipinski definition) is 3. The zero-order valence-electron chi connectivity index (χ0n) is 25.8. The highest BCUT2D eigenvalue weighted by molar-refractivity contribution is 6.39. The molecule has 1 aromatic carbocycles. The van der Waals surface area contributed by atoms with Gasteiger partial charge in [-0.05, 0) is 49.5 Å². The van der Waals surface area contributed by atoms with E-state index in [0.717, 1.165) is 56.9 Å². The highest BCUT2D eigenvalue weighted by Crippen LogP contribution is 2.28. The molecule has 3 atom stereocenters. The van der Waals surface area contributed by atoms with Gasteiger partial charge in [-0.2, -0.15) is 0 Å². The van der Waals surface area contributed by atoms with Crippen LogP contribution in [0.1, 0.15) is 110 Å². The monoisotopic (exact) mass is 581 g/mol. The van der Waals surface area contributed by atoms with Gasteiger partial charge in [0, 0.05) is 18.8 Å². The van der Waals surface area contributed by atoms with E-state index >= 15 is 0 Å². The topological polar surface area (TPSA) is 121 Å². The van der Waals surface area contributed by atoms with Crippen LogP contribution in [-0.2, 0) is 30.4 Å². The predicted octanol–water partition coefficient (Wildman–Crippen LogP) is 4.83. The van der Waals surface area contributed by atoms with Crippen LogP contribution in [0.25, 0.3) is 0 Å². The molecule has 2 fully saturated rings. The number of amides is 3. The maximum atomic E-state index is 13.7. The Morgan fingerprint density at radius 2 is 1.36 bits per heavy atom. The van der Waals surface area contributed by atoms with Gasteiger partial charge >= 0.3 is 0 Å². The van der Waals surface area contributed by atoms with Gasteiger partial charge in [0.2, 0.25) is 29.3 Å². The Morgan fingerprint density at radius 1 is 0.762 bits per heavy atom. The Bertz CT molecular complexity index is 1040. The lowest BCUT2D eigenvalue weighted by atomic mass is 9.83. The maximum absolute atomic E-state index is 13.7. The lowest BCUT2D eigenvalue weighted by Gasteiger charge is -2.29. The van der Waals surface area contributed by atoms with Crippen molar-refractivity contribution < 1.29 is 24.0 Å². The van der Waals surface area contributed by atoms with Crippen molar-refractivity contribution in [2.75, 3.05) is 0 Å². The summed E-state index contributed by atoms with van der Waals surface area (Å²) >= 11 is 0. The van der Waals surface area contributed by atoms with Gasteiger partial charge in [-0.3, -0.25) is 24.0 Å². The fraction of sp³-hybridized carbons (Fsp3) is 0.676. The number of carbonyl (C=O) groups is 5. The molecule has 0 aromatic heterocycles. The second-order valence-corrected chi connectivity index (χ2v) is 12.8. The molecule has 0 saturated heterocycles. The number of nitrogens with one attached hydrogen (secondary N) is 3. The van der Waals surface area contributed by atoms with Crippen molar-refractivity contribution in [2.45, 2.75) is 129 Å². The first-order valence-electron chi connectivity index (χ1n) is 16.2. The van der Waals surface area contributed by atoms with Crippen molar-refractivity contribution in [3.05, 3.63) is 35.9 Å².